The highest BCUT2D eigenvalue weighted by Crippen LogP contribution is 2.33. The summed E-state index contributed by atoms with van der Waals surface area (Å²) in [6, 6.07) is 20.9. The van der Waals surface area contributed by atoms with Crippen LogP contribution in [0.2, 0.25) is 0 Å². The zero-order valence-electron chi connectivity index (χ0n) is 14.7. The van der Waals surface area contributed by atoms with Gasteiger partial charge in [-0.3, -0.25) is 0 Å². The molecule has 3 heteroatoms. The molecule has 1 fully saturated rings. The Kier molecular flexibility index (Phi) is 7.25. The molecule has 0 N–H and O–H groups in total. The fraction of sp³-hybridized carbons (Fsp3) is 0.318. The van der Waals surface area contributed by atoms with Gasteiger partial charge in [0, 0.05) is 10.1 Å². The van der Waals surface area contributed by atoms with Crippen molar-refractivity contribution in [3.8, 4) is 0 Å². The standard InChI is InChI=1S/C22H25NS2/c1-18(24-20-13-7-3-8-14-20)17-22(23-19-11-5-2-6-12-19)25-21-15-9-4-10-16-21/h2-3,5-8,11-14,17,21H,4,9-10,15-16H2,1H3/b18-17-,23-22-. The van der Waals surface area contributed by atoms with Crippen LogP contribution in [-0.2, 0) is 0 Å². The average molecular weight is 368 g/mol. The molecule has 0 aliphatic heterocycles. The van der Waals surface area contributed by atoms with Crippen LogP contribution in [0.5, 0.6) is 0 Å². The zero-order chi connectivity index (χ0) is 17.3. The Morgan fingerprint density at radius 2 is 1.56 bits per heavy atom. The first-order valence-corrected chi connectivity index (χ1v) is 10.7. The van der Waals surface area contributed by atoms with Crippen LogP contribution in [0.4, 0.5) is 5.69 Å². The van der Waals surface area contributed by atoms with Gasteiger partial charge in [0.1, 0.15) is 0 Å². The SMILES string of the molecule is C/C(=C/C(=N/c1ccccc1)SC1CCCCC1)Sc1ccccc1. The molecule has 25 heavy (non-hydrogen) atoms. The number of nitrogens with zero attached hydrogens (tertiary/aromatic N) is 1. The minimum Gasteiger partial charge on any atom is -0.242 e. The number of thioether (sulfide) groups is 2. The highest BCUT2D eigenvalue weighted by Gasteiger charge is 2.16. The summed E-state index contributed by atoms with van der Waals surface area (Å²) < 4.78 is 0. The summed E-state index contributed by atoms with van der Waals surface area (Å²) in [4.78, 5) is 7.48. The van der Waals surface area contributed by atoms with E-state index >= 15 is 0 Å². The van der Waals surface area contributed by atoms with E-state index in [0.717, 1.165) is 10.7 Å². The third kappa shape index (κ3) is 6.41. The molecule has 0 aromatic heterocycles. The average Bonchev–Trinajstić information content (AvgIpc) is 2.64. The van der Waals surface area contributed by atoms with Gasteiger partial charge in [-0.15, -0.1) is 11.8 Å². The van der Waals surface area contributed by atoms with E-state index in [1.165, 1.54) is 41.9 Å². The molecule has 0 amide bonds. The second-order valence-electron chi connectivity index (χ2n) is 6.33. The quantitative estimate of drug-likeness (QED) is 0.308. The largest absolute Gasteiger partial charge is 0.242 e. The zero-order valence-corrected chi connectivity index (χ0v) is 16.4. The van der Waals surface area contributed by atoms with Gasteiger partial charge in [0.05, 0.1) is 10.7 Å². The molecule has 0 atom stereocenters. The summed E-state index contributed by atoms with van der Waals surface area (Å²) in [5.74, 6) is 0. The molecule has 0 bridgehead atoms. The summed E-state index contributed by atoms with van der Waals surface area (Å²) in [5, 5.41) is 1.85. The van der Waals surface area contributed by atoms with Crippen molar-refractivity contribution in [3.63, 3.8) is 0 Å². The lowest BCUT2D eigenvalue weighted by Crippen LogP contribution is -2.10. The van der Waals surface area contributed by atoms with Crippen molar-refractivity contribution in [1.82, 2.24) is 0 Å². The van der Waals surface area contributed by atoms with E-state index < -0.39 is 0 Å². The van der Waals surface area contributed by atoms with Crippen LogP contribution < -0.4 is 0 Å². The van der Waals surface area contributed by atoms with Crippen molar-refractivity contribution in [2.45, 2.75) is 49.2 Å². The monoisotopic (exact) mass is 367 g/mol. The van der Waals surface area contributed by atoms with Crippen LogP contribution in [0.15, 0.2) is 81.5 Å². The van der Waals surface area contributed by atoms with Crippen LogP contribution in [0.3, 0.4) is 0 Å². The van der Waals surface area contributed by atoms with Crippen LogP contribution in [0.25, 0.3) is 0 Å². The van der Waals surface area contributed by atoms with Crippen molar-refractivity contribution in [1.29, 1.82) is 0 Å². The number of hydrogen-bond donors (Lipinski definition) is 0. The van der Waals surface area contributed by atoms with Gasteiger partial charge in [-0.05, 0) is 55.0 Å². The minimum absolute atomic E-state index is 0.710. The molecular formula is C22H25NS2. The molecule has 130 valence electrons. The lowest BCUT2D eigenvalue weighted by Gasteiger charge is -2.21. The lowest BCUT2D eigenvalue weighted by atomic mass is 10.0. The number of allylic oxidation sites excluding steroid dienone is 1. The highest BCUT2D eigenvalue weighted by atomic mass is 32.2. The Balaban J connectivity index is 1.77. The predicted octanol–water partition coefficient (Wildman–Crippen LogP) is 7.48. The predicted molar refractivity (Wildman–Crippen MR) is 114 cm³/mol. The van der Waals surface area contributed by atoms with Crippen molar-refractivity contribution < 1.29 is 0 Å². The van der Waals surface area contributed by atoms with Crippen LogP contribution >= 0.6 is 23.5 Å². The number of hydrogen-bond acceptors (Lipinski definition) is 3. The number of benzene rings is 2. The molecule has 2 aromatic carbocycles. The highest BCUT2D eigenvalue weighted by molar-refractivity contribution is 8.15. The molecular weight excluding hydrogens is 342 g/mol. The van der Waals surface area contributed by atoms with Gasteiger partial charge in [0.25, 0.3) is 0 Å². The van der Waals surface area contributed by atoms with E-state index in [0.29, 0.717) is 5.25 Å². The van der Waals surface area contributed by atoms with Crippen LogP contribution in [0, 0.1) is 0 Å². The van der Waals surface area contributed by atoms with E-state index in [2.05, 4.69) is 67.6 Å². The molecule has 0 saturated heterocycles. The molecule has 0 heterocycles. The molecule has 3 rings (SSSR count). The summed E-state index contributed by atoms with van der Waals surface area (Å²) in [7, 11) is 0. The van der Waals surface area contributed by atoms with Crippen molar-refractivity contribution >= 4 is 34.3 Å². The van der Waals surface area contributed by atoms with Crippen LogP contribution in [0.1, 0.15) is 39.0 Å². The van der Waals surface area contributed by atoms with E-state index in [1.807, 2.05) is 29.6 Å². The second-order valence-corrected chi connectivity index (χ2v) is 8.97. The summed E-state index contributed by atoms with van der Waals surface area (Å²) in [5.41, 5.74) is 1.04. The smallest absolute Gasteiger partial charge is 0.0977 e. The summed E-state index contributed by atoms with van der Waals surface area (Å²) in [6.07, 6.45) is 8.99. The van der Waals surface area contributed by atoms with Gasteiger partial charge in [0.15, 0.2) is 0 Å². The van der Waals surface area contributed by atoms with E-state index in [1.54, 1.807) is 0 Å². The maximum atomic E-state index is 4.92. The molecule has 1 nitrogen and oxygen atoms in total. The molecule has 0 radical (unpaired) electrons. The lowest BCUT2D eigenvalue weighted by molar-refractivity contribution is 0.517. The van der Waals surface area contributed by atoms with Crippen molar-refractivity contribution in [2.24, 2.45) is 4.99 Å². The van der Waals surface area contributed by atoms with Gasteiger partial charge in [-0.25, -0.2) is 4.99 Å². The maximum absolute atomic E-state index is 4.92. The molecule has 1 aliphatic rings. The molecule has 2 aromatic rings. The summed E-state index contributed by atoms with van der Waals surface area (Å²) >= 11 is 3.77. The molecule has 0 spiro atoms. The number of aliphatic imine (C=N–C) groups is 1. The maximum Gasteiger partial charge on any atom is 0.0977 e. The Labute approximate surface area is 160 Å². The third-order valence-corrected chi connectivity index (χ3v) is 6.39. The second kappa shape index (κ2) is 9.88. The van der Waals surface area contributed by atoms with E-state index in [9.17, 15) is 0 Å². The Hall–Kier alpha value is -1.45. The van der Waals surface area contributed by atoms with Crippen molar-refractivity contribution in [3.05, 3.63) is 71.6 Å². The first kappa shape index (κ1) is 18.3. The van der Waals surface area contributed by atoms with Gasteiger partial charge in [-0.2, -0.15) is 0 Å². The third-order valence-electron chi connectivity index (χ3n) is 4.18. The first-order valence-electron chi connectivity index (χ1n) is 9.01. The van der Waals surface area contributed by atoms with Gasteiger partial charge in [0.2, 0.25) is 0 Å². The minimum atomic E-state index is 0.710. The van der Waals surface area contributed by atoms with Crippen LogP contribution in [-0.4, -0.2) is 10.3 Å². The Morgan fingerprint density at radius 3 is 2.24 bits per heavy atom. The van der Waals surface area contributed by atoms with Crippen molar-refractivity contribution in [2.75, 3.05) is 0 Å². The normalized spacial score (nSPS) is 16.8. The first-order chi connectivity index (χ1) is 12.3. The molecule has 1 saturated carbocycles. The summed E-state index contributed by atoms with van der Waals surface area (Å²) in [6.45, 7) is 2.18. The van der Waals surface area contributed by atoms with Gasteiger partial charge < -0.3 is 0 Å². The topological polar surface area (TPSA) is 12.4 Å². The number of rotatable bonds is 5. The van der Waals surface area contributed by atoms with E-state index in [-0.39, 0.29) is 0 Å². The fourth-order valence-corrected chi connectivity index (χ4v) is 5.18. The molecule has 1 aliphatic carbocycles. The van der Waals surface area contributed by atoms with E-state index in [4.69, 9.17) is 4.99 Å². The Morgan fingerprint density at radius 1 is 0.920 bits per heavy atom. The van der Waals surface area contributed by atoms with Gasteiger partial charge >= 0.3 is 0 Å². The van der Waals surface area contributed by atoms with Gasteiger partial charge in [-0.1, -0.05) is 67.4 Å². The number of para-hydroxylation sites is 1. The molecule has 0 unspecified atom stereocenters. The Bertz CT molecular complexity index is 701. The fourth-order valence-electron chi connectivity index (χ4n) is 2.95.